The van der Waals surface area contributed by atoms with Crippen molar-refractivity contribution in [1.82, 2.24) is 15.5 Å². The molecule has 130 valence electrons. The number of hydrogen-bond acceptors (Lipinski definition) is 3. The lowest BCUT2D eigenvalue weighted by Gasteiger charge is -2.27. The summed E-state index contributed by atoms with van der Waals surface area (Å²) in [5.74, 6) is -0.673. The number of nitrogens with one attached hydrogen (secondary N) is 2. The van der Waals surface area contributed by atoms with Crippen molar-refractivity contribution in [2.24, 2.45) is 0 Å². The van der Waals surface area contributed by atoms with Gasteiger partial charge in [0.15, 0.2) is 0 Å². The predicted octanol–water partition coefficient (Wildman–Crippen LogP) is 2.15. The molecule has 0 unspecified atom stereocenters. The van der Waals surface area contributed by atoms with Gasteiger partial charge in [0.25, 0.3) is 5.91 Å². The molecule has 1 aromatic rings. The molecule has 23 heavy (non-hydrogen) atoms. The van der Waals surface area contributed by atoms with Crippen molar-refractivity contribution in [2.45, 2.75) is 12.6 Å². The van der Waals surface area contributed by atoms with Gasteiger partial charge in [-0.2, -0.15) is 13.2 Å². The Morgan fingerprint density at radius 2 is 1.87 bits per heavy atom. The fourth-order valence-corrected chi connectivity index (χ4v) is 2.46. The quantitative estimate of drug-likeness (QED) is 0.799. The van der Waals surface area contributed by atoms with E-state index >= 15 is 0 Å². The fourth-order valence-electron chi connectivity index (χ4n) is 2.46. The minimum Gasteiger partial charge on any atom is -0.352 e. The van der Waals surface area contributed by atoms with Gasteiger partial charge in [0.2, 0.25) is 0 Å². The molecule has 1 aromatic carbocycles. The average molecular weight is 352 g/mol. The second kappa shape index (κ2) is 9.10. The molecule has 1 aliphatic rings. The maximum absolute atomic E-state index is 12.8. The van der Waals surface area contributed by atoms with Crippen LogP contribution >= 0.6 is 12.4 Å². The van der Waals surface area contributed by atoms with Gasteiger partial charge in [-0.25, -0.2) is 0 Å². The summed E-state index contributed by atoms with van der Waals surface area (Å²) >= 11 is 0. The SMILES string of the molecule is Cl.O=C(NCCCN1CCNCC1)c1ccccc1C(F)(F)F. The number of benzene rings is 1. The number of halogens is 4. The summed E-state index contributed by atoms with van der Waals surface area (Å²) < 4.78 is 38.5. The highest BCUT2D eigenvalue weighted by Gasteiger charge is 2.34. The zero-order chi connectivity index (χ0) is 16.0. The lowest BCUT2D eigenvalue weighted by Crippen LogP contribution is -2.44. The zero-order valence-electron chi connectivity index (χ0n) is 12.7. The summed E-state index contributed by atoms with van der Waals surface area (Å²) in [6.07, 6.45) is -3.80. The number of piperazine rings is 1. The van der Waals surface area contributed by atoms with Crippen molar-refractivity contribution >= 4 is 18.3 Å². The van der Waals surface area contributed by atoms with Crippen LogP contribution in [0.1, 0.15) is 22.3 Å². The number of hydrogen-bond donors (Lipinski definition) is 2. The molecule has 1 saturated heterocycles. The molecular weight excluding hydrogens is 331 g/mol. The molecule has 0 saturated carbocycles. The van der Waals surface area contributed by atoms with E-state index in [1.165, 1.54) is 18.2 Å². The van der Waals surface area contributed by atoms with Gasteiger partial charge in [-0.1, -0.05) is 12.1 Å². The molecule has 1 amide bonds. The second-order valence-electron chi connectivity index (χ2n) is 5.24. The molecule has 0 aromatic heterocycles. The maximum Gasteiger partial charge on any atom is 0.417 e. The largest absolute Gasteiger partial charge is 0.417 e. The summed E-state index contributed by atoms with van der Waals surface area (Å²) in [6, 6.07) is 4.85. The molecular formula is C15H21ClF3N3O. The highest BCUT2D eigenvalue weighted by molar-refractivity contribution is 5.95. The number of amides is 1. The Balaban J connectivity index is 0.00000264. The number of nitrogens with zero attached hydrogens (tertiary/aromatic N) is 1. The van der Waals surface area contributed by atoms with Crippen LogP contribution in [0.5, 0.6) is 0 Å². The lowest BCUT2D eigenvalue weighted by atomic mass is 10.1. The summed E-state index contributed by atoms with van der Waals surface area (Å²) in [6.45, 7) is 5.03. The summed E-state index contributed by atoms with van der Waals surface area (Å²) in [5.41, 5.74) is -1.22. The first-order valence-electron chi connectivity index (χ1n) is 7.36. The van der Waals surface area contributed by atoms with Crippen LogP contribution in [0.15, 0.2) is 24.3 Å². The summed E-state index contributed by atoms with van der Waals surface area (Å²) in [7, 11) is 0. The normalized spacial score (nSPS) is 15.8. The molecule has 1 heterocycles. The first kappa shape index (κ1) is 19.7. The van der Waals surface area contributed by atoms with Crippen LogP contribution in [-0.2, 0) is 6.18 Å². The smallest absolute Gasteiger partial charge is 0.352 e. The molecule has 2 rings (SSSR count). The molecule has 4 nitrogen and oxygen atoms in total. The molecule has 0 radical (unpaired) electrons. The highest BCUT2D eigenvalue weighted by Crippen LogP contribution is 2.31. The number of rotatable bonds is 5. The van der Waals surface area contributed by atoms with Gasteiger partial charge in [-0.3, -0.25) is 4.79 Å². The monoisotopic (exact) mass is 351 g/mol. The Hall–Kier alpha value is -1.31. The third-order valence-electron chi connectivity index (χ3n) is 3.62. The molecule has 0 atom stereocenters. The van der Waals surface area contributed by atoms with Crippen LogP contribution in [0.4, 0.5) is 13.2 Å². The Morgan fingerprint density at radius 3 is 2.52 bits per heavy atom. The second-order valence-corrected chi connectivity index (χ2v) is 5.24. The van der Waals surface area contributed by atoms with Crippen LogP contribution in [0.3, 0.4) is 0 Å². The van der Waals surface area contributed by atoms with E-state index in [4.69, 9.17) is 0 Å². The third kappa shape index (κ3) is 6.01. The summed E-state index contributed by atoms with van der Waals surface area (Å²) in [5, 5.41) is 5.82. The number of alkyl halides is 3. The minimum atomic E-state index is -4.52. The molecule has 0 aliphatic carbocycles. The van der Waals surface area contributed by atoms with Gasteiger partial charge in [-0.05, 0) is 25.1 Å². The Kier molecular flexibility index (Phi) is 7.81. The van der Waals surface area contributed by atoms with Crippen molar-refractivity contribution in [1.29, 1.82) is 0 Å². The predicted molar refractivity (Wildman–Crippen MR) is 85.0 cm³/mol. The Bertz CT molecular complexity index is 505. The molecule has 8 heteroatoms. The molecule has 2 N–H and O–H groups in total. The van der Waals surface area contributed by atoms with Gasteiger partial charge in [-0.15, -0.1) is 12.4 Å². The highest BCUT2D eigenvalue weighted by atomic mass is 35.5. The van der Waals surface area contributed by atoms with E-state index in [1.54, 1.807) is 0 Å². The van der Waals surface area contributed by atoms with Crippen LogP contribution in [0, 0.1) is 0 Å². The van der Waals surface area contributed by atoms with Gasteiger partial charge >= 0.3 is 6.18 Å². The van der Waals surface area contributed by atoms with Gasteiger partial charge < -0.3 is 15.5 Å². The first-order valence-corrected chi connectivity index (χ1v) is 7.36. The van der Waals surface area contributed by atoms with Crippen LogP contribution in [-0.4, -0.2) is 50.1 Å². The van der Waals surface area contributed by atoms with E-state index in [2.05, 4.69) is 15.5 Å². The van der Waals surface area contributed by atoms with E-state index in [1.807, 2.05) is 0 Å². The third-order valence-corrected chi connectivity index (χ3v) is 3.62. The first-order chi connectivity index (χ1) is 10.5. The van der Waals surface area contributed by atoms with Crippen molar-refractivity contribution in [2.75, 3.05) is 39.3 Å². The lowest BCUT2D eigenvalue weighted by molar-refractivity contribution is -0.137. The van der Waals surface area contributed by atoms with Crippen LogP contribution < -0.4 is 10.6 Å². The van der Waals surface area contributed by atoms with Crippen LogP contribution in [0.25, 0.3) is 0 Å². The number of carbonyl (C=O) groups is 1. The zero-order valence-corrected chi connectivity index (χ0v) is 13.5. The van der Waals surface area contributed by atoms with Crippen LogP contribution in [0.2, 0.25) is 0 Å². The van der Waals surface area contributed by atoms with Gasteiger partial charge in [0.05, 0.1) is 11.1 Å². The minimum absolute atomic E-state index is 0. The Morgan fingerprint density at radius 1 is 1.22 bits per heavy atom. The van der Waals surface area contributed by atoms with E-state index in [-0.39, 0.29) is 18.0 Å². The van der Waals surface area contributed by atoms with Crippen molar-refractivity contribution in [3.63, 3.8) is 0 Å². The standard InChI is InChI=1S/C15H20F3N3O.ClH/c16-15(17,18)13-5-2-1-4-12(13)14(22)20-6-3-9-21-10-7-19-8-11-21;/h1-2,4-5,19H,3,6-11H2,(H,20,22);1H. The molecule has 1 fully saturated rings. The maximum atomic E-state index is 12.8. The fraction of sp³-hybridized carbons (Fsp3) is 0.533. The van der Waals surface area contributed by atoms with Gasteiger partial charge in [0.1, 0.15) is 0 Å². The summed E-state index contributed by atoms with van der Waals surface area (Å²) in [4.78, 5) is 14.2. The van der Waals surface area contributed by atoms with E-state index in [9.17, 15) is 18.0 Å². The van der Waals surface area contributed by atoms with Crippen molar-refractivity contribution < 1.29 is 18.0 Å². The average Bonchev–Trinajstić information content (AvgIpc) is 2.51. The van der Waals surface area contributed by atoms with E-state index in [0.717, 1.165) is 45.2 Å². The van der Waals surface area contributed by atoms with E-state index < -0.39 is 17.6 Å². The van der Waals surface area contributed by atoms with Crippen molar-refractivity contribution in [3.8, 4) is 0 Å². The van der Waals surface area contributed by atoms with E-state index in [0.29, 0.717) is 6.54 Å². The van der Waals surface area contributed by atoms with Crippen molar-refractivity contribution in [3.05, 3.63) is 35.4 Å². The molecule has 0 spiro atoms. The molecule has 0 bridgehead atoms. The van der Waals surface area contributed by atoms with Gasteiger partial charge in [0, 0.05) is 32.7 Å². The topological polar surface area (TPSA) is 44.4 Å². The Labute approximate surface area is 139 Å². The number of carbonyl (C=O) groups excluding carboxylic acids is 1. The molecule has 1 aliphatic heterocycles.